The zero-order valence-corrected chi connectivity index (χ0v) is 11.0. The highest BCUT2D eigenvalue weighted by molar-refractivity contribution is 7.85. The summed E-state index contributed by atoms with van der Waals surface area (Å²) in [6.45, 7) is 0. The van der Waals surface area contributed by atoms with Crippen molar-refractivity contribution in [3.05, 3.63) is 29.8 Å². The monoisotopic (exact) mass is 283 g/mol. The Labute approximate surface area is 107 Å². The van der Waals surface area contributed by atoms with Crippen LogP contribution in [0, 0.1) is 0 Å². The molecule has 0 aliphatic rings. The minimum absolute atomic E-state index is 0. The standard InChI is InChI=1S/C9H13NO3S2.ClH/c10-8(6-14)5-7-1-3-9(4-2-7)15(11,12)13;/h1-4,8,14H,5-6,10H2,(H,11,12,13);1H. The van der Waals surface area contributed by atoms with Crippen molar-refractivity contribution < 1.29 is 31.1 Å². The predicted octanol–water partition coefficient (Wildman–Crippen LogP) is -2.98. The van der Waals surface area contributed by atoms with Crippen molar-refractivity contribution in [1.29, 1.82) is 0 Å². The maximum absolute atomic E-state index is 10.8. The summed E-state index contributed by atoms with van der Waals surface area (Å²) in [7, 11) is -4.08. The van der Waals surface area contributed by atoms with Crippen molar-refractivity contribution >= 4 is 22.7 Å². The van der Waals surface area contributed by atoms with Crippen LogP contribution in [0.5, 0.6) is 0 Å². The first-order valence-electron chi connectivity index (χ1n) is 4.44. The van der Waals surface area contributed by atoms with Gasteiger partial charge in [0.1, 0.15) is 0 Å². The maximum Gasteiger partial charge on any atom is 0.294 e. The number of halogens is 1. The second-order valence-electron chi connectivity index (χ2n) is 3.37. The highest BCUT2D eigenvalue weighted by Crippen LogP contribution is 2.11. The molecule has 4 nitrogen and oxygen atoms in total. The van der Waals surface area contributed by atoms with E-state index in [1.54, 1.807) is 12.1 Å². The average molecular weight is 284 g/mol. The Morgan fingerprint density at radius 2 is 1.81 bits per heavy atom. The molecule has 0 saturated heterocycles. The Hall–Kier alpha value is -0.270. The lowest BCUT2D eigenvalue weighted by Gasteiger charge is -2.05. The third-order valence-corrected chi connectivity index (χ3v) is 3.39. The van der Waals surface area contributed by atoms with E-state index < -0.39 is 10.1 Å². The molecule has 0 heterocycles. The topological polar surface area (TPSA) is 82.0 Å². The van der Waals surface area contributed by atoms with Gasteiger partial charge in [-0.25, -0.2) is 0 Å². The second kappa shape index (κ2) is 6.46. The molecule has 16 heavy (non-hydrogen) atoms. The van der Waals surface area contributed by atoms with Crippen LogP contribution in [0.25, 0.3) is 0 Å². The van der Waals surface area contributed by atoms with Crippen molar-refractivity contribution in [1.82, 2.24) is 0 Å². The summed E-state index contributed by atoms with van der Waals surface area (Å²) in [5, 5.41) is 0. The molecule has 7 heteroatoms. The van der Waals surface area contributed by atoms with Gasteiger partial charge in [-0.3, -0.25) is 4.55 Å². The maximum atomic E-state index is 10.8. The van der Waals surface area contributed by atoms with Crippen LogP contribution in [0.2, 0.25) is 0 Å². The molecule has 4 N–H and O–H groups in total. The van der Waals surface area contributed by atoms with Gasteiger partial charge in [-0.15, -0.1) is 0 Å². The zero-order valence-electron chi connectivity index (χ0n) is 8.51. The molecule has 0 fully saturated rings. The molecule has 1 unspecified atom stereocenters. The molecule has 92 valence electrons. The van der Waals surface area contributed by atoms with Gasteiger partial charge in [-0.1, -0.05) is 12.1 Å². The Bertz CT molecular complexity index is 419. The van der Waals surface area contributed by atoms with Crippen LogP contribution in [0.15, 0.2) is 29.2 Å². The molecular weight excluding hydrogens is 270 g/mol. The van der Waals surface area contributed by atoms with E-state index in [-0.39, 0.29) is 23.3 Å². The molecule has 0 amide bonds. The van der Waals surface area contributed by atoms with E-state index in [0.29, 0.717) is 5.75 Å². The minimum Gasteiger partial charge on any atom is -1.00 e. The SMILES string of the molecule is [Cl-].[NH3+]C(CS)Cc1ccc(S(=O)(=O)O)cc1. The van der Waals surface area contributed by atoms with Crippen LogP contribution < -0.4 is 18.1 Å². The Kier molecular flexibility index (Phi) is 6.35. The van der Waals surface area contributed by atoms with Crippen molar-refractivity contribution in [3.8, 4) is 0 Å². The van der Waals surface area contributed by atoms with Gasteiger partial charge < -0.3 is 18.1 Å². The molecule has 1 rings (SSSR count). The third kappa shape index (κ3) is 4.71. The summed E-state index contributed by atoms with van der Waals surface area (Å²) in [6, 6.07) is 6.31. The van der Waals surface area contributed by atoms with Crippen LogP contribution in [-0.4, -0.2) is 24.8 Å². The van der Waals surface area contributed by atoms with Crippen LogP contribution in [0.3, 0.4) is 0 Å². The predicted molar refractivity (Wildman–Crippen MR) is 60.5 cm³/mol. The normalized spacial score (nSPS) is 12.9. The molecule has 0 spiro atoms. The summed E-state index contributed by atoms with van der Waals surface area (Å²) in [4.78, 5) is -0.0854. The molecular formula is C9H14ClNO3S2. The highest BCUT2D eigenvalue weighted by Gasteiger charge is 2.10. The zero-order chi connectivity index (χ0) is 11.5. The van der Waals surface area contributed by atoms with Crippen LogP contribution in [0.1, 0.15) is 5.56 Å². The summed E-state index contributed by atoms with van der Waals surface area (Å²) in [6.07, 6.45) is 0.745. The average Bonchev–Trinajstić information content (AvgIpc) is 2.17. The quantitative estimate of drug-likeness (QED) is 0.407. The van der Waals surface area contributed by atoms with Crippen LogP contribution in [-0.2, 0) is 16.5 Å². The summed E-state index contributed by atoms with van der Waals surface area (Å²) >= 11 is 4.11. The fourth-order valence-electron chi connectivity index (χ4n) is 1.20. The molecule has 0 aliphatic carbocycles. The molecule has 0 aromatic heterocycles. The lowest BCUT2D eigenvalue weighted by molar-refractivity contribution is -0.411. The number of benzene rings is 1. The minimum atomic E-state index is -4.08. The van der Waals surface area contributed by atoms with E-state index in [1.807, 2.05) is 0 Å². The van der Waals surface area contributed by atoms with E-state index in [2.05, 4.69) is 18.4 Å². The number of hydrogen-bond acceptors (Lipinski definition) is 3. The smallest absolute Gasteiger partial charge is 0.294 e. The highest BCUT2D eigenvalue weighted by atomic mass is 35.5. The Balaban J connectivity index is 0.00000225. The van der Waals surface area contributed by atoms with E-state index in [1.165, 1.54) is 12.1 Å². The molecule has 0 aliphatic heterocycles. The fourth-order valence-corrected chi connectivity index (χ4v) is 1.80. The van der Waals surface area contributed by atoms with Gasteiger partial charge in [0.2, 0.25) is 0 Å². The molecule has 1 aromatic rings. The second-order valence-corrected chi connectivity index (χ2v) is 5.16. The van der Waals surface area contributed by atoms with Crippen molar-refractivity contribution in [2.75, 3.05) is 5.75 Å². The van der Waals surface area contributed by atoms with Crippen molar-refractivity contribution in [2.45, 2.75) is 17.4 Å². The van der Waals surface area contributed by atoms with Gasteiger partial charge >= 0.3 is 0 Å². The fraction of sp³-hybridized carbons (Fsp3) is 0.333. The van der Waals surface area contributed by atoms with Crippen LogP contribution >= 0.6 is 12.6 Å². The van der Waals surface area contributed by atoms with Gasteiger partial charge in [0.05, 0.1) is 10.9 Å². The van der Waals surface area contributed by atoms with Gasteiger partial charge in [-0.2, -0.15) is 21.0 Å². The number of thiol groups is 1. The van der Waals surface area contributed by atoms with Crippen molar-refractivity contribution in [3.63, 3.8) is 0 Å². The van der Waals surface area contributed by atoms with Gasteiger partial charge in [-0.05, 0) is 17.7 Å². The van der Waals surface area contributed by atoms with E-state index >= 15 is 0 Å². The Morgan fingerprint density at radius 3 is 2.19 bits per heavy atom. The molecule has 0 bridgehead atoms. The molecule has 0 saturated carbocycles. The van der Waals surface area contributed by atoms with E-state index in [4.69, 9.17) is 4.55 Å². The van der Waals surface area contributed by atoms with Crippen molar-refractivity contribution in [2.24, 2.45) is 0 Å². The Morgan fingerprint density at radius 1 is 1.31 bits per heavy atom. The lowest BCUT2D eigenvalue weighted by Crippen LogP contribution is -3.00. The molecule has 1 atom stereocenters. The first-order chi connectivity index (χ1) is 6.93. The van der Waals surface area contributed by atoms with E-state index in [0.717, 1.165) is 12.0 Å². The first kappa shape index (κ1) is 15.7. The third-order valence-electron chi connectivity index (χ3n) is 2.00. The first-order valence-corrected chi connectivity index (χ1v) is 6.51. The van der Waals surface area contributed by atoms with Crippen LogP contribution in [0.4, 0.5) is 0 Å². The lowest BCUT2D eigenvalue weighted by atomic mass is 10.1. The molecule has 0 radical (unpaired) electrons. The largest absolute Gasteiger partial charge is 1.00 e. The summed E-state index contributed by atoms with van der Waals surface area (Å²) in [5.74, 6) is 0.681. The summed E-state index contributed by atoms with van der Waals surface area (Å²) in [5.41, 5.74) is 4.86. The summed E-state index contributed by atoms with van der Waals surface area (Å²) < 4.78 is 30.3. The van der Waals surface area contributed by atoms with Gasteiger partial charge in [0, 0.05) is 12.2 Å². The van der Waals surface area contributed by atoms with Gasteiger partial charge in [0.25, 0.3) is 10.1 Å². The molecule has 1 aromatic carbocycles. The van der Waals surface area contributed by atoms with Gasteiger partial charge in [0.15, 0.2) is 0 Å². The number of rotatable bonds is 4. The number of quaternary nitrogens is 1. The number of hydrogen-bond donors (Lipinski definition) is 3. The van der Waals surface area contributed by atoms with E-state index in [9.17, 15) is 8.42 Å².